The molecular weight excluding hydrogens is 256 g/mol. The van der Waals surface area contributed by atoms with E-state index in [1.54, 1.807) is 24.3 Å². The minimum Gasteiger partial charge on any atom is -0.508 e. The van der Waals surface area contributed by atoms with Crippen molar-refractivity contribution in [2.24, 2.45) is 5.73 Å². The monoisotopic (exact) mass is 278 g/mol. The van der Waals surface area contributed by atoms with Crippen molar-refractivity contribution in [1.82, 2.24) is 5.32 Å². The van der Waals surface area contributed by atoms with E-state index in [1.165, 1.54) is 0 Å². The zero-order valence-electron chi connectivity index (χ0n) is 11.5. The van der Waals surface area contributed by atoms with E-state index < -0.39 is 12.1 Å². The van der Waals surface area contributed by atoms with Gasteiger partial charge in [-0.1, -0.05) is 25.0 Å². The molecule has 1 aliphatic carbocycles. The van der Waals surface area contributed by atoms with Crippen molar-refractivity contribution in [1.29, 1.82) is 0 Å². The number of amides is 1. The number of phenolic OH excluding ortho intramolecular Hbond substituents is 1. The van der Waals surface area contributed by atoms with Crippen LogP contribution >= 0.6 is 0 Å². The summed E-state index contributed by atoms with van der Waals surface area (Å²) >= 11 is 0. The maximum Gasteiger partial charge on any atom is 0.237 e. The molecule has 0 radical (unpaired) electrons. The summed E-state index contributed by atoms with van der Waals surface area (Å²) in [5, 5.41) is 21.9. The zero-order valence-corrected chi connectivity index (χ0v) is 11.5. The Labute approximate surface area is 118 Å². The molecule has 1 aromatic carbocycles. The topological polar surface area (TPSA) is 95.6 Å². The van der Waals surface area contributed by atoms with Gasteiger partial charge < -0.3 is 21.3 Å². The number of carbonyl (C=O) groups excluding carboxylic acids is 1. The first-order chi connectivity index (χ1) is 9.56. The number of hydrogen-bond acceptors (Lipinski definition) is 4. The molecule has 1 fully saturated rings. The fraction of sp³-hybridized carbons (Fsp3) is 0.533. The van der Waals surface area contributed by atoms with Crippen LogP contribution in [0.4, 0.5) is 0 Å². The Balaban J connectivity index is 1.86. The molecule has 1 saturated carbocycles. The average Bonchev–Trinajstić information content (AvgIpc) is 2.44. The lowest BCUT2D eigenvalue weighted by atomic mass is 9.92. The summed E-state index contributed by atoms with van der Waals surface area (Å²) in [7, 11) is 0. The Morgan fingerprint density at radius 3 is 2.60 bits per heavy atom. The average molecular weight is 278 g/mol. The smallest absolute Gasteiger partial charge is 0.237 e. The van der Waals surface area contributed by atoms with Gasteiger partial charge in [0.2, 0.25) is 5.91 Å². The van der Waals surface area contributed by atoms with Gasteiger partial charge in [0, 0.05) is 0 Å². The van der Waals surface area contributed by atoms with Crippen molar-refractivity contribution in [3.63, 3.8) is 0 Å². The molecule has 0 heterocycles. The number of benzene rings is 1. The van der Waals surface area contributed by atoms with E-state index in [1.807, 2.05) is 0 Å². The van der Waals surface area contributed by atoms with Gasteiger partial charge in [-0.3, -0.25) is 4.79 Å². The van der Waals surface area contributed by atoms with Crippen LogP contribution in [0.15, 0.2) is 24.3 Å². The quantitative estimate of drug-likeness (QED) is 0.651. The third kappa shape index (κ3) is 3.95. The second kappa shape index (κ2) is 6.72. The molecule has 5 heteroatoms. The SMILES string of the molecule is N[C@H](Cc1ccc(O)cc1)C(=O)N[C@@H]1CCCC[C@H]1O. The van der Waals surface area contributed by atoms with Crippen LogP contribution in [0, 0.1) is 0 Å². The van der Waals surface area contributed by atoms with Crippen LogP contribution in [0.25, 0.3) is 0 Å². The van der Waals surface area contributed by atoms with Crippen molar-refractivity contribution in [3.05, 3.63) is 29.8 Å². The lowest BCUT2D eigenvalue weighted by Gasteiger charge is -2.29. The maximum absolute atomic E-state index is 12.0. The summed E-state index contributed by atoms with van der Waals surface area (Å²) in [5.41, 5.74) is 6.79. The van der Waals surface area contributed by atoms with Gasteiger partial charge >= 0.3 is 0 Å². The Kier molecular flexibility index (Phi) is 4.98. The standard InChI is InChI=1S/C15H22N2O3/c16-12(9-10-5-7-11(18)8-6-10)15(20)17-13-3-1-2-4-14(13)19/h5-8,12-14,18-19H,1-4,9,16H2,(H,17,20)/t12-,13-,14-/m1/s1. The fourth-order valence-corrected chi connectivity index (χ4v) is 2.55. The molecule has 2 rings (SSSR count). The highest BCUT2D eigenvalue weighted by Gasteiger charge is 2.26. The van der Waals surface area contributed by atoms with Gasteiger partial charge in [0.15, 0.2) is 0 Å². The van der Waals surface area contributed by atoms with Crippen LogP contribution < -0.4 is 11.1 Å². The molecule has 5 N–H and O–H groups in total. The van der Waals surface area contributed by atoms with Crippen molar-refractivity contribution in [2.45, 2.75) is 50.3 Å². The summed E-state index contributed by atoms with van der Waals surface area (Å²) in [6, 6.07) is 5.82. The van der Waals surface area contributed by atoms with E-state index in [9.17, 15) is 15.0 Å². The van der Waals surface area contributed by atoms with E-state index in [0.29, 0.717) is 6.42 Å². The van der Waals surface area contributed by atoms with E-state index in [4.69, 9.17) is 5.73 Å². The minimum absolute atomic E-state index is 0.179. The molecule has 110 valence electrons. The molecule has 3 atom stereocenters. The van der Waals surface area contributed by atoms with Gasteiger partial charge in [-0.05, 0) is 37.0 Å². The largest absolute Gasteiger partial charge is 0.508 e. The number of phenols is 1. The fourth-order valence-electron chi connectivity index (χ4n) is 2.55. The molecule has 0 unspecified atom stereocenters. The molecule has 1 aliphatic rings. The third-order valence-electron chi connectivity index (χ3n) is 3.79. The number of aliphatic hydroxyl groups is 1. The lowest BCUT2D eigenvalue weighted by Crippen LogP contribution is -2.51. The van der Waals surface area contributed by atoms with Crippen LogP contribution in [0.2, 0.25) is 0 Å². The molecule has 0 bridgehead atoms. The highest BCUT2D eigenvalue weighted by molar-refractivity contribution is 5.82. The third-order valence-corrected chi connectivity index (χ3v) is 3.79. The van der Waals surface area contributed by atoms with Gasteiger partial charge in [-0.25, -0.2) is 0 Å². The Hall–Kier alpha value is -1.59. The Morgan fingerprint density at radius 1 is 1.30 bits per heavy atom. The van der Waals surface area contributed by atoms with Gasteiger partial charge in [0.25, 0.3) is 0 Å². The second-order valence-electron chi connectivity index (χ2n) is 5.44. The first kappa shape index (κ1) is 14.8. The predicted octanol–water partition coefficient (Wildman–Crippen LogP) is 0.682. The van der Waals surface area contributed by atoms with Gasteiger partial charge in [0.05, 0.1) is 18.2 Å². The minimum atomic E-state index is -0.645. The van der Waals surface area contributed by atoms with Gasteiger partial charge in [-0.2, -0.15) is 0 Å². The highest BCUT2D eigenvalue weighted by Crippen LogP contribution is 2.18. The van der Waals surface area contributed by atoms with Crippen molar-refractivity contribution in [2.75, 3.05) is 0 Å². The predicted molar refractivity (Wildman–Crippen MR) is 76.2 cm³/mol. The summed E-state index contributed by atoms with van der Waals surface area (Å²) in [6.07, 6.45) is 3.52. The van der Waals surface area contributed by atoms with Gasteiger partial charge in [0.1, 0.15) is 5.75 Å². The van der Waals surface area contributed by atoms with Crippen molar-refractivity contribution >= 4 is 5.91 Å². The van der Waals surface area contributed by atoms with E-state index in [-0.39, 0.29) is 17.7 Å². The second-order valence-corrected chi connectivity index (χ2v) is 5.44. The summed E-state index contributed by atoms with van der Waals surface area (Å²) in [5.74, 6) is -0.0406. The number of carbonyl (C=O) groups is 1. The van der Waals surface area contributed by atoms with E-state index in [0.717, 1.165) is 31.2 Å². The summed E-state index contributed by atoms with van der Waals surface area (Å²) < 4.78 is 0. The van der Waals surface area contributed by atoms with E-state index >= 15 is 0 Å². The van der Waals surface area contributed by atoms with Crippen LogP contribution in [0.1, 0.15) is 31.2 Å². The lowest BCUT2D eigenvalue weighted by molar-refractivity contribution is -0.124. The summed E-state index contributed by atoms with van der Waals surface area (Å²) in [6.45, 7) is 0. The summed E-state index contributed by atoms with van der Waals surface area (Å²) in [4.78, 5) is 12.0. The number of nitrogens with two attached hydrogens (primary N) is 1. The number of nitrogens with one attached hydrogen (secondary N) is 1. The van der Waals surface area contributed by atoms with Crippen LogP contribution in [0.5, 0.6) is 5.75 Å². The highest BCUT2D eigenvalue weighted by atomic mass is 16.3. The zero-order chi connectivity index (χ0) is 14.5. The molecule has 5 nitrogen and oxygen atoms in total. The molecule has 0 spiro atoms. The number of rotatable bonds is 4. The Morgan fingerprint density at radius 2 is 1.95 bits per heavy atom. The van der Waals surface area contributed by atoms with Crippen molar-refractivity contribution < 1.29 is 15.0 Å². The number of aromatic hydroxyl groups is 1. The van der Waals surface area contributed by atoms with E-state index in [2.05, 4.69) is 5.32 Å². The van der Waals surface area contributed by atoms with Crippen LogP contribution in [-0.2, 0) is 11.2 Å². The molecule has 0 saturated heterocycles. The Bertz CT molecular complexity index is 447. The maximum atomic E-state index is 12.0. The van der Waals surface area contributed by atoms with Crippen LogP contribution in [-0.4, -0.2) is 34.3 Å². The van der Waals surface area contributed by atoms with Crippen LogP contribution in [0.3, 0.4) is 0 Å². The van der Waals surface area contributed by atoms with Crippen molar-refractivity contribution in [3.8, 4) is 5.75 Å². The molecule has 1 aromatic rings. The molecule has 0 aliphatic heterocycles. The first-order valence-electron chi connectivity index (χ1n) is 7.08. The molecule has 1 amide bonds. The number of hydrogen-bond donors (Lipinski definition) is 4. The first-order valence-corrected chi connectivity index (χ1v) is 7.08. The molecule has 20 heavy (non-hydrogen) atoms. The molecular formula is C15H22N2O3. The molecule has 0 aromatic heterocycles. The normalized spacial score (nSPS) is 24.1. The van der Waals surface area contributed by atoms with Gasteiger partial charge in [-0.15, -0.1) is 0 Å². The number of aliphatic hydroxyl groups excluding tert-OH is 1.